The van der Waals surface area contributed by atoms with Crippen LogP contribution in [0.3, 0.4) is 0 Å². The van der Waals surface area contributed by atoms with E-state index in [9.17, 15) is 9.59 Å². The third kappa shape index (κ3) is 3.75. The van der Waals surface area contributed by atoms with Gasteiger partial charge >= 0.3 is 0 Å². The molecule has 144 valence electrons. The predicted octanol–water partition coefficient (Wildman–Crippen LogP) is 2.18. The monoisotopic (exact) mass is 378 g/mol. The first-order valence-corrected chi connectivity index (χ1v) is 9.31. The van der Waals surface area contributed by atoms with Crippen LogP contribution < -0.4 is 15.8 Å². The van der Waals surface area contributed by atoms with E-state index in [0.717, 1.165) is 10.9 Å². The number of ether oxygens (including phenoxy) is 1. The number of aromatic nitrogens is 2. The summed E-state index contributed by atoms with van der Waals surface area (Å²) in [5.41, 5.74) is 1.48. The summed E-state index contributed by atoms with van der Waals surface area (Å²) in [6, 6.07) is 14.9. The van der Waals surface area contributed by atoms with Crippen molar-refractivity contribution in [3.8, 4) is 0 Å². The van der Waals surface area contributed by atoms with Gasteiger partial charge in [-0.3, -0.25) is 9.59 Å². The van der Waals surface area contributed by atoms with Crippen molar-refractivity contribution in [2.24, 2.45) is 0 Å². The Morgan fingerprint density at radius 2 is 1.86 bits per heavy atom. The topological polar surface area (TPSA) is 76.5 Å². The number of benzene rings is 2. The van der Waals surface area contributed by atoms with Crippen molar-refractivity contribution in [3.63, 3.8) is 0 Å². The van der Waals surface area contributed by atoms with Gasteiger partial charge < -0.3 is 15.0 Å². The molecule has 2 heterocycles. The van der Waals surface area contributed by atoms with Crippen molar-refractivity contribution in [2.45, 2.75) is 13.5 Å². The van der Waals surface area contributed by atoms with Crippen LogP contribution >= 0.6 is 0 Å². The van der Waals surface area contributed by atoms with Crippen LogP contribution in [0.15, 0.2) is 53.3 Å². The summed E-state index contributed by atoms with van der Waals surface area (Å²) in [7, 11) is 0. The molecule has 0 spiro atoms. The minimum Gasteiger partial charge on any atom is -0.378 e. The molecule has 1 aromatic heterocycles. The molecular formula is C21H22N4O3. The summed E-state index contributed by atoms with van der Waals surface area (Å²) in [5.74, 6) is 0.422. The first-order valence-electron chi connectivity index (χ1n) is 9.31. The van der Waals surface area contributed by atoms with E-state index in [1.807, 2.05) is 49.4 Å². The van der Waals surface area contributed by atoms with E-state index >= 15 is 0 Å². The average Bonchev–Trinajstić information content (AvgIpc) is 2.71. The van der Waals surface area contributed by atoms with Crippen LogP contribution in [-0.4, -0.2) is 42.0 Å². The van der Waals surface area contributed by atoms with Crippen molar-refractivity contribution >= 4 is 28.2 Å². The van der Waals surface area contributed by atoms with Gasteiger partial charge in [-0.15, -0.1) is 0 Å². The number of aryl methyl sites for hydroxylation is 1. The van der Waals surface area contributed by atoms with Crippen LogP contribution in [0.5, 0.6) is 0 Å². The van der Waals surface area contributed by atoms with Crippen LogP contribution in [-0.2, 0) is 16.1 Å². The second kappa shape index (κ2) is 7.82. The minimum atomic E-state index is -0.289. The molecule has 0 saturated carbocycles. The number of hydrogen-bond donors (Lipinski definition) is 1. The summed E-state index contributed by atoms with van der Waals surface area (Å²) in [6.45, 7) is 4.44. The van der Waals surface area contributed by atoms with Gasteiger partial charge in [0.1, 0.15) is 6.54 Å². The molecular weight excluding hydrogens is 356 g/mol. The van der Waals surface area contributed by atoms with E-state index in [1.165, 1.54) is 4.68 Å². The highest BCUT2D eigenvalue weighted by molar-refractivity contribution is 5.93. The first kappa shape index (κ1) is 18.2. The van der Waals surface area contributed by atoms with Gasteiger partial charge in [0, 0.05) is 24.2 Å². The van der Waals surface area contributed by atoms with E-state index in [4.69, 9.17) is 4.74 Å². The summed E-state index contributed by atoms with van der Waals surface area (Å²) >= 11 is 0. The molecule has 0 bridgehead atoms. The summed E-state index contributed by atoms with van der Waals surface area (Å²) in [6.07, 6.45) is 0. The lowest BCUT2D eigenvalue weighted by Crippen LogP contribution is -2.39. The number of nitrogens with one attached hydrogen (secondary N) is 1. The van der Waals surface area contributed by atoms with Crippen LogP contribution in [0, 0.1) is 6.92 Å². The number of rotatable bonds is 4. The molecule has 4 rings (SSSR count). The maximum atomic E-state index is 12.9. The molecule has 2 aromatic carbocycles. The number of nitrogens with zero attached hydrogens (tertiary/aromatic N) is 3. The number of amides is 1. The van der Waals surface area contributed by atoms with Gasteiger partial charge in [-0.2, -0.15) is 5.10 Å². The highest BCUT2D eigenvalue weighted by atomic mass is 16.5. The Kier molecular flexibility index (Phi) is 5.08. The zero-order valence-electron chi connectivity index (χ0n) is 15.7. The van der Waals surface area contributed by atoms with Gasteiger partial charge in [0.2, 0.25) is 5.91 Å². The number of carbonyl (C=O) groups is 1. The summed E-state index contributed by atoms with van der Waals surface area (Å²) in [5, 5.41) is 8.72. The fourth-order valence-corrected chi connectivity index (χ4v) is 3.39. The Bertz CT molecular complexity index is 1070. The normalized spacial score (nSPS) is 14.2. The van der Waals surface area contributed by atoms with Crippen LogP contribution in [0.2, 0.25) is 0 Å². The van der Waals surface area contributed by atoms with Crippen molar-refractivity contribution in [1.29, 1.82) is 0 Å². The number of hydrogen-bond acceptors (Lipinski definition) is 5. The Morgan fingerprint density at radius 1 is 1.11 bits per heavy atom. The second-order valence-electron chi connectivity index (χ2n) is 6.85. The fraction of sp³-hybridized carbons (Fsp3) is 0.286. The minimum absolute atomic E-state index is 0.144. The standard InChI is InChI=1S/C21H22N4O3/c1-15-5-4-6-16(13-15)22-19(26)14-25-21(27)18-8-3-2-7-17(18)20(23-25)24-9-11-28-12-10-24/h2-8,13H,9-12,14H2,1H3,(H,22,26). The molecule has 1 amide bonds. The summed E-state index contributed by atoms with van der Waals surface area (Å²) in [4.78, 5) is 27.5. The highest BCUT2D eigenvalue weighted by Crippen LogP contribution is 2.22. The van der Waals surface area contributed by atoms with Crippen LogP contribution in [0.1, 0.15) is 5.56 Å². The number of fused-ring (bicyclic) bond motifs is 1. The SMILES string of the molecule is Cc1cccc(NC(=O)Cn2nc(N3CCOCC3)c3ccccc3c2=O)c1. The van der Waals surface area contributed by atoms with Crippen molar-refractivity contribution in [2.75, 3.05) is 36.5 Å². The lowest BCUT2D eigenvalue weighted by Gasteiger charge is -2.29. The molecule has 28 heavy (non-hydrogen) atoms. The molecule has 1 aliphatic heterocycles. The van der Waals surface area contributed by atoms with E-state index in [2.05, 4.69) is 15.3 Å². The maximum Gasteiger partial charge on any atom is 0.275 e. The van der Waals surface area contributed by atoms with Crippen LogP contribution in [0.4, 0.5) is 11.5 Å². The quantitative estimate of drug-likeness (QED) is 0.753. The Balaban J connectivity index is 1.67. The Labute approximate surface area is 162 Å². The fourth-order valence-electron chi connectivity index (χ4n) is 3.39. The zero-order chi connectivity index (χ0) is 19.5. The van der Waals surface area contributed by atoms with Crippen LogP contribution in [0.25, 0.3) is 10.8 Å². The second-order valence-corrected chi connectivity index (χ2v) is 6.85. The van der Waals surface area contributed by atoms with Crippen molar-refractivity contribution < 1.29 is 9.53 Å². The number of morpholine rings is 1. The van der Waals surface area contributed by atoms with Gasteiger partial charge in [-0.25, -0.2) is 4.68 Å². The number of anilines is 2. The van der Waals surface area contributed by atoms with E-state index in [-0.39, 0.29) is 18.0 Å². The third-order valence-electron chi connectivity index (χ3n) is 4.75. The van der Waals surface area contributed by atoms with Gasteiger partial charge in [0.05, 0.1) is 18.6 Å². The molecule has 1 fully saturated rings. The van der Waals surface area contributed by atoms with E-state index in [0.29, 0.717) is 43.2 Å². The van der Waals surface area contributed by atoms with Gasteiger partial charge in [-0.1, -0.05) is 30.3 Å². The van der Waals surface area contributed by atoms with E-state index < -0.39 is 0 Å². The largest absolute Gasteiger partial charge is 0.378 e. The first-order chi connectivity index (χ1) is 13.6. The van der Waals surface area contributed by atoms with Crippen molar-refractivity contribution in [1.82, 2.24) is 9.78 Å². The molecule has 1 N–H and O–H groups in total. The lowest BCUT2D eigenvalue weighted by molar-refractivity contribution is -0.117. The highest BCUT2D eigenvalue weighted by Gasteiger charge is 2.19. The summed E-state index contributed by atoms with van der Waals surface area (Å²) < 4.78 is 6.67. The van der Waals surface area contributed by atoms with Crippen molar-refractivity contribution in [3.05, 3.63) is 64.4 Å². The van der Waals surface area contributed by atoms with Gasteiger partial charge in [0.15, 0.2) is 5.82 Å². The molecule has 1 saturated heterocycles. The smallest absolute Gasteiger partial charge is 0.275 e. The average molecular weight is 378 g/mol. The molecule has 0 aliphatic carbocycles. The predicted molar refractivity (Wildman–Crippen MR) is 109 cm³/mol. The third-order valence-corrected chi connectivity index (χ3v) is 4.75. The molecule has 7 nitrogen and oxygen atoms in total. The molecule has 1 aliphatic rings. The molecule has 0 radical (unpaired) electrons. The molecule has 0 atom stereocenters. The van der Waals surface area contributed by atoms with Gasteiger partial charge in [-0.05, 0) is 30.7 Å². The molecule has 7 heteroatoms. The van der Waals surface area contributed by atoms with E-state index in [1.54, 1.807) is 6.07 Å². The molecule has 3 aromatic rings. The zero-order valence-corrected chi connectivity index (χ0v) is 15.7. The van der Waals surface area contributed by atoms with Gasteiger partial charge in [0.25, 0.3) is 5.56 Å². The molecule has 0 unspecified atom stereocenters. The lowest BCUT2D eigenvalue weighted by atomic mass is 10.1. The Hall–Kier alpha value is -3.19. The Morgan fingerprint density at radius 3 is 2.61 bits per heavy atom. The number of carbonyl (C=O) groups excluding carboxylic acids is 1. The maximum absolute atomic E-state index is 12.9.